The summed E-state index contributed by atoms with van der Waals surface area (Å²) < 4.78 is 28.9. The Morgan fingerprint density at radius 1 is 0.977 bits per heavy atom. The minimum Gasteiger partial charge on any atom is -0.465 e. The van der Waals surface area contributed by atoms with Gasteiger partial charge in [0.1, 0.15) is 17.4 Å². The van der Waals surface area contributed by atoms with Gasteiger partial charge in [0, 0.05) is 24.9 Å². The highest BCUT2D eigenvalue weighted by atomic mass is 32.2. The quantitative estimate of drug-likeness (QED) is 0.168. The van der Waals surface area contributed by atoms with Crippen LogP contribution in [0.2, 0.25) is 0 Å². The molecule has 4 rings (SSSR count). The first-order valence-electron chi connectivity index (χ1n) is 14.7. The molecular weight excluding hydrogens is 570 g/mol. The molecule has 1 saturated carbocycles. The van der Waals surface area contributed by atoms with E-state index in [9.17, 15) is 22.8 Å². The van der Waals surface area contributed by atoms with Gasteiger partial charge in [-0.2, -0.15) is 0 Å². The summed E-state index contributed by atoms with van der Waals surface area (Å²) in [6.45, 7) is 3.69. The molecular formula is C31H41N5O6S. The molecule has 0 radical (unpaired) electrons. The highest BCUT2D eigenvalue weighted by molar-refractivity contribution is 7.89. The number of sulfonamides is 1. The Labute approximate surface area is 252 Å². The molecule has 2 aliphatic rings. The molecule has 12 heteroatoms. The van der Waals surface area contributed by atoms with Crippen molar-refractivity contribution in [1.82, 2.24) is 20.7 Å². The molecule has 3 amide bonds. The number of benzene rings is 2. The van der Waals surface area contributed by atoms with Gasteiger partial charge in [-0.15, -0.1) is 0 Å². The van der Waals surface area contributed by atoms with Crippen LogP contribution in [0.25, 0.3) is 0 Å². The van der Waals surface area contributed by atoms with Crippen molar-refractivity contribution in [2.45, 2.75) is 76.9 Å². The van der Waals surface area contributed by atoms with Crippen LogP contribution in [0.15, 0.2) is 48.5 Å². The lowest BCUT2D eigenvalue weighted by Gasteiger charge is -2.32. The van der Waals surface area contributed by atoms with Crippen LogP contribution in [0.5, 0.6) is 0 Å². The number of amides is 3. The van der Waals surface area contributed by atoms with Crippen LogP contribution in [0, 0.1) is 17.2 Å². The predicted octanol–water partition coefficient (Wildman–Crippen LogP) is 3.07. The largest absolute Gasteiger partial charge is 0.465 e. The maximum Gasteiger partial charge on any atom is 0.410 e. The summed E-state index contributed by atoms with van der Waals surface area (Å²) in [5, 5.41) is 24.5. The third-order valence-corrected chi connectivity index (χ3v) is 9.79. The van der Waals surface area contributed by atoms with E-state index in [1.54, 1.807) is 38.1 Å². The molecule has 0 unspecified atom stereocenters. The molecule has 0 spiro atoms. The molecule has 0 aromatic heterocycles. The molecule has 2 aromatic rings. The lowest BCUT2D eigenvalue weighted by atomic mass is 9.91. The van der Waals surface area contributed by atoms with Gasteiger partial charge >= 0.3 is 6.09 Å². The number of carbonyl (C=O) groups is 3. The first kappa shape index (κ1) is 32.2. The molecule has 0 bridgehead atoms. The first-order chi connectivity index (χ1) is 20.4. The van der Waals surface area contributed by atoms with Gasteiger partial charge in [-0.1, -0.05) is 81.6 Å². The van der Waals surface area contributed by atoms with Crippen molar-refractivity contribution in [1.29, 1.82) is 5.41 Å². The van der Waals surface area contributed by atoms with E-state index >= 15 is 0 Å². The molecule has 1 atom stereocenters. The SMILES string of the molecule is CC(C)[C@@H](NS(=O)(=O)CC1CCCCC1)C(=O)NC1(C(=O)NCc2ccc(C(=N)NC(=O)O)cc2)Cc2ccccc2C1. The topological polar surface area (TPSA) is 178 Å². The molecule has 43 heavy (non-hydrogen) atoms. The summed E-state index contributed by atoms with van der Waals surface area (Å²) in [4.78, 5) is 38.4. The Bertz CT molecular complexity index is 1430. The monoisotopic (exact) mass is 611 g/mol. The molecule has 2 aliphatic carbocycles. The number of hydrogen-bond acceptors (Lipinski definition) is 6. The summed E-state index contributed by atoms with van der Waals surface area (Å²) in [5.41, 5.74) is 1.65. The second-order valence-corrected chi connectivity index (χ2v) is 13.8. The van der Waals surface area contributed by atoms with Crippen LogP contribution in [0.4, 0.5) is 4.79 Å². The molecule has 11 nitrogen and oxygen atoms in total. The van der Waals surface area contributed by atoms with Crippen molar-refractivity contribution < 1.29 is 27.9 Å². The fraction of sp³-hybridized carbons (Fsp3) is 0.484. The lowest BCUT2D eigenvalue weighted by Crippen LogP contribution is -2.63. The van der Waals surface area contributed by atoms with E-state index in [1.807, 2.05) is 29.6 Å². The van der Waals surface area contributed by atoms with Crippen molar-refractivity contribution in [2.24, 2.45) is 11.8 Å². The first-order valence-corrected chi connectivity index (χ1v) is 16.4. The van der Waals surface area contributed by atoms with Crippen LogP contribution in [-0.4, -0.2) is 54.6 Å². The van der Waals surface area contributed by atoms with E-state index in [0.29, 0.717) is 11.1 Å². The summed E-state index contributed by atoms with van der Waals surface area (Å²) in [5.74, 6) is -1.48. The summed E-state index contributed by atoms with van der Waals surface area (Å²) >= 11 is 0. The molecule has 0 saturated heterocycles. The van der Waals surface area contributed by atoms with E-state index in [2.05, 4.69) is 15.4 Å². The smallest absolute Gasteiger partial charge is 0.410 e. The van der Waals surface area contributed by atoms with Crippen LogP contribution < -0.4 is 20.7 Å². The number of carbonyl (C=O) groups excluding carboxylic acids is 2. The van der Waals surface area contributed by atoms with E-state index in [-0.39, 0.29) is 42.8 Å². The van der Waals surface area contributed by atoms with Crippen LogP contribution >= 0.6 is 0 Å². The van der Waals surface area contributed by atoms with Crippen LogP contribution in [0.1, 0.15) is 68.2 Å². The minimum absolute atomic E-state index is 0.00873. The predicted molar refractivity (Wildman–Crippen MR) is 163 cm³/mol. The van der Waals surface area contributed by atoms with E-state index in [0.717, 1.165) is 43.2 Å². The normalized spacial score (nSPS) is 17.1. The van der Waals surface area contributed by atoms with Gasteiger partial charge in [-0.3, -0.25) is 20.3 Å². The Balaban J connectivity index is 1.48. The van der Waals surface area contributed by atoms with Crippen molar-refractivity contribution in [3.8, 4) is 0 Å². The third-order valence-electron chi connectivity index (χ3n) is 8.26. The zero-order valence-electron chi connectivity index (χ0n) is 24.6. The van der Waals surface area contributed by atoms with Gasteiger partial charge in [0.15, 0.2) is 0 Å². The van der Waals surface area contributed by atoms with Gasteiger partial charge in [0.25, 0.3) is 0 Å². The standard InChI is InChI=1S/C31H41N5O6S/c1-20(2)26(36-43(41,42)19-22-8-4-3-5-9-22)28(37)35-31(16-24-10-6-7-11-25(24)17-31)29(38)33-18-21-12-14-23(15-13-21)27(32)34-30(39)40/h6-7,10-15,20,22,26,36H,3-5,8-9,16-19H2,1-2H3,(H2,32,34)(H,33,38)(H,35,37)(H,39,40)/t26-/m1/s1. The molecule has 1 fully saturated rings. The second-order valence-electron chi connectivity index (χ2n) is 12.0. The van der Waals surface area contributed by atoms with Crippen LogP contribution in [0.3, 0.4) is 0 Å². The Kier molecular flexibility index (Phi) is 10.2. The Morgan fingerprint density at radius 2 is 1.58 bits per heavy atom. The maximum absolute atomic E-state index is 13.8. The van der Waals surface area contributed by atoms with Crippen molar-refractivity contribution in [3.05, 3.63) is 70.8 Å². The highest BCUT2D eigenvalue weighted by Gasteiger charge is 2.46. The Hall–Kier alpha value is -3.77. The fourth-order valence-corrected chi connectivity index (χ4v) is 7.77. The third kappa shape index (κ3) is 8.41. The van der Waals surface area contributed by atoms with Crippen LogP contribution in [-0.2, 0) is 39.0 Å². The average molecular weight is 612 g/mol. The molecule has 6 N–H and O–H groups in total. The zero-order valence-corrected chi connectivity index (χ0v) is 25.4. The average Bonchev–Trinajstić information content (AvgIpc) is 3.34. The van der Waals surface area contributed by atoms with Gasteiger partial charge in [0.2, 0.25) is 21.8 Å². The summed E-state index contributed by atoms with van der Waals surface area (Å²) in [7, 11) is -3.72. The highest BCUT2D eigenvalue weighted by Crippen LogP contribution is 2.31. The number of amidine groups is 1. The lowest BCUT2D eigenvalue weighted by molar-refractivity contribution is -0.134. The summed E-state index contributed by atoms with van der Waals surface area (Å²) in [6.07, 6.45) is 4.08. The number of fused-ring (bicyclic) bond motifs is 1. The van der Waals surface area contributed by atoms with Crippen molar-refractivity contribution >= 4 is 33.8 Å². The van der Waals surface area contributed by atoms with Crippen molar-refractivity contribution in [2.75, 3.05) is 5.75 Å². The molecule has 0 aliphatic heterocycles. The molecule has 2 aromatic carbocycles. The van der Waals surface area contributed by atoms with Gasteiger partial charge in [-0.25, -0.2) is 17.9 Å². The number of carboxylic acid groups (broad SMARTS) is 1. The summed E-state index contributed by atoms with van der Waals surface area (Å²) in [6, 6.07) is 13.1. The minimum atomic E-state index is -3.72. The second kappa shape index (κ2) is 13.7. The van der Waals surface area contributed by atoms with Gasteiger partial charge in [-0.05, 0) is 41.4 Å². The number of rotatable bonds is 11. The Morgan fingerprint density at radius 3 is 2.14 bits per heavy atom. The number of nitrogens with one attached hydrogen (secondary N) is 5. The van der Waals surface area contributed by atoms with Gasteiger partial charge in [0.05, 0.1) is 5.75 Å². The molecule has 0 heterocycles. The van der Waals surface area contributed by atoms with Gasteiger partial charge < -0.3 is 15.7 Å². The van der Waals surface area contributed by atoms with E-state index in [4.69, 9.17) is 10.5 Å². The zero-order chi connectivity index (χ0) is 31.2. The molecule has 232 valence electrons. The fourth-order valence-electron chi connectivity index (χ4n) is 5.95. The number of hydrogen-bond donors (Lipinski definition) is 6. The van der Waals surface area contributed by atoms with Crippen molar-refractivity contribution in [3.63, 3.8) is 0 Å². The van der Waals surface area contributed by atoms with E-state index < -0.39 is 39.5 Å². The maximum atomic E-state index is 13.8. The van der Waals surface area contributed by atoms with E-state index in [1.165, 1.54) is 0 Å².